The molecule has 2 aliphatic rings. The second-order valence-electron chi connectivity index (χ2n) is 6.49. The molecular formula is C19H20N6O. The molecule has 132 valence electrons. The van der Waals surface area contributed by atoms with Crippen molar-refractivity contribution in [1.82, 2.24) is 14.9 Å². The van der Waals surface area contributed by atoms with E-state index in [1.165, 1.54) is 6.20 Å². The largest absolute Gasteiger partial charge is 0.352 e. The summed E-state index contributed by atoms with van der Waals surface area (Å²) in [6.45, 7) is 3.79. The Kier molecular flexibility index (Phi) is 4.50. The molecule has 2 saturated heterocycles. The van der Waals surface area contributed by atoms with E-state index in [4.69, 9.17) is 0 Å². The van der Waals surface area contributed by atoms with Crippen LogP contribution >= 0.6 is 0 Å². The van der Waals surface area contributed by atoms with Crippen LogP contribution in [-0.2, 0) is 4.79 Å². The molecule has 7 nitrogen and oxygen atoms in total. The Balaban J connectivity index is 1.41. The van der Waals surface area contributed by atoms with Crippen LogP contribution in [0.5, 0.6) is 0 Å². The summed E-state index contributed by atoms with van der Waals surface area (Å²) in [5, 5.41) is 9.21. The molecule has 1 atom stereocenters. The number of para-hydroxylation sites is 1. The molecule has 7 heteroatoms. The van der Waals surface area contributed by atoms with Crippen LogP contribution in [0.4, 0.5) is 11.5 Å². The molecule has 0 saturated carbocycles. The van der Waals surface area contributed by atoms with E-state index in [-0.39, 0.29) is 11.9 Å². The van der Waals surface area contributed by atoms with Crippen LogP contribution in [0.1, 0.15) is 12.1 Å². The van der Waals surface area contributed by atoms with E-state index in [0.29, 0.717) is 11.5 Å². The van der Waals surface area contributed by atoms with E-state index in [1.807, 2.05) is 35.2 Å². The summed E-state index contributed by atoms with van der Waals surface area (Å²) in [7, 11) is 0. The minimum absolute atomic E-state index is 0.0605. The Bertz CT molecular complexity index is 825. The minimum atomic E-state index is -0.0605. The number of carbonyl (C=O) groups excluding carboxylic acids is 1. The maximum atomic E-state index is 12.9. The monoisotopic (exact) mass is 348 g/mol. The predicted octanol–water partition coefficient (Wildman–Crippen LogP) is 1.28. The average molecular weight is 348 g/mol. The Labute approximate surface area is 152 Å². The van der Waals surface area contributed by atoms with E-state index in [0.717, 1.165) is 44.8 Å². The minimum Gasteiger partial charge on any atom is -0.352 e. The van der Waals surface area contributed by atoms with Crippen molar-refractivity contribution >= 4 is 17.4 Å². The highest BCUT2D eigenvalue weighted by Gasteiger charge is 2.38. The van der Waals surface area contributed by atoms with Crippen molar-refractivity contribution < 1.29 is 4.79 Å². The van der Waals surface area contributed by atoms with Gasteiger partial charge >= 0.3 is 0 Å². The molecule has 3 heterocycles. The summed E-state index contributed by atoms with van der Waals surface area (Å²) in [4.78, 5) is 27.5. The molecule has 4 rings (SSSR count). The highest BCUT2D eigenvalue weighted by Crippen LogP contribution is 2.25. The molecule has 2 fully saturated rings. The van der Waals surface area contributed by atoms with Crippen molar-refractivity contribution in [1.29, 1.82) is 5.26 Å². The van der Waals surface area contributed by atoms with Crippen molar-refractivity contribution in [2.75, 3.05) is 42.5 Å². The smallest absolute Gasteiger partial charge is 0.244 e. The van der Waals surface area contributed by atoms with Crippen molar-refractivity contribution in [3.8, 4) is 6.07 Å². The van der Waals surface area contributed by atoms with Gasteiger partial charge in [-0.2, -0.15) is 5.26 Å². The van der Waals surface area contributed by atoms with Gasteiger partial charge in [-0.25, -0.2) is 9.97 Å². The molecular weight excluding hydrogens is 328 g/mol. The fourth-order valence-electron chi connectivity index (χ4n) is 3.75. The van der Waals surface area contributed by atoms with E-state index in [9.17, 15) is 10.1 Å². The molecule has 1 aromatic carbocycles. The standard InChI is InChI=1S/C19H20N6O/c20-14-16-18(22-8-7-21-16)24-12-10-23(11-13-24)17-6-9-25(19(17)26)15-4-2-1-3-5-15/h1-5,7-8,17H,6,9-13H2. The molecule has 2 aliphatic heterocycles. The topological polar surface area (TPSA) is 76.4 Å². The Morgan fingerprint density at radius 1 is 1.00 bits per heavy atom. The number of benzene rings is 1. The molecule has 1 aromatic heterocycles. The van der Waals surface area contributed by atoms with Crippen LogP contribution in [-0.4, -0.2) is 59.5 Å². The average Bonchev–Trinajstić information content (AvgIpc) is 3.10. The lowest BCUT2D eigenvalue weighted by molar-refractivity contribution is -0.121. The Morgan fingerprint density at radius 2 is 1.73 bits per heavy atom. The summed E-state index contributed by atoms with van der Waals surface area (Å²) in [5.41, 5.74) is 1.32. The molecule has 1 amide bonds. The molecule has 0 spiro atoms. The van der Waals surface area contributed by atoms with E-state index >= 15 is 0 Å². The number of anilines is 2. The van der Waals surface area contributed by atoms with Crippen LogP contribution in [0.3, 0.4) is 0 Å². The lowest BCUT2D eigenvalue weighted by Crippen LogP contribution is -2.53. The molecule has 2 aromatic rings. The molecule has 0 aliphatic carbocycles. The predicted molar refractivity (Wildman–Crippen MR) is 97.7 cm³/mol. The number of carbonyl (C=O) groups is 1. The number of rotatable bonds is 3. The first kappa shape index (κ1) is 16.5. The zero-order chi connectivity index (χ0) is 17.9. The molecule has 0 N–H and O–H groups in total. The number of amides is 1. The molecule has 26 heavy (non-hydrogen) atoms. The van der Waals surface area contributed by atoms with Crippen LogP contribution in [0.15, 0.2) is 42.7 Å². The van der Waals surface area contributed by atoms with Gasteiger partial charge in [0, 0.05) is 50.8 Å². The first-order valence-electron chi connectivity index (χ1n) is 8.84. The third kappa shape index (κ3) is 3.00. The van der Waals surface area contributed by atoms with Crippen molar-refractivity contribution in [2.45, 2.75) is 12.5 Å². The van der Waals surface area contributed by atoms with Gasteiger partial charge in [0.1, 0.15) is 6.07 Å². The number of hydrogen-bond donors (Lipinski definition) is 0. The second-order valence-corrected chi connectivity index (χ2v) is 6.49. The lowest BCUT2D eigenvalue weighted by Gasteiger charge is -2.37. The van der Waals surface area contributed by atoms with Crippen LogP contribution in [0.25, 0.3) is 0 Å². The third-order valence-electron chi connectivity index (χ3n) is 5.08. The number of nitriles is 1. The zero-order valence-electron chi connectivity index (χ0n) is 14.5. The van der Waals surface area contributed by atoms with E-state index in [1.54, 1.807) is 6.20 Å². The van der Waals surface area contributed by atoms with Gasteiger partial charge in [0.2, 0.25) is 5.91 Å². The zero-order valence-corrected chi connectivity index (χ0v) is 14.5. The number of piperazine rings is 1. The van der Waals surface area contributed by atoms with Gasteiger partial charge in [-0.05, 0) is 18.6 Å². The number of nitrogens with zero attached hydrogens (tertiary/aromatic N) is 6. The fraction of sp³-hybridized carbons (Fsp3) is 0.368. The maximum Gasteiger partial charge on any atom is 0.244 e. The molecule has 1 unspecified atom stereocenters. The normalized spacial score (nSPS) is 21.0. The van der Waals surface area contributed by atoms with Crippen molar-refractivity contribution in [2.24, 2.45) is 0 Å². The van der Waals surface area contributed by atoms with E-state index < -0.39 is 0 Å². The molecule has 0 radical (unpaired) electrons. The Morgan fingerprint density at radius 3 is 2.46 bits per heavy atom. The second kappa shape index (κ2) is 7.10. The van der Waals surface area contributed by atoms with E-state index in [2.05, 4.69) is 25.8 Å². The number of aromatic nitrogens is 2. The van der Waals surface area contributed by atoms with Gasteiger partial charge in [-0.1, -0.05) is 18.2 Å². The Hall–Kier alpha value is -2.98. The third-order valence-corrected chi connectivity index (χ3v) is 5.08. The summed E-state index contributed by atoms with van der Waals surface area (Å²) in [6, 6.07) is 11.9. The highest BCUT2D eigenvalue weighted by atomic mass is 16.2. The van der Waals surface area contributed by atoms with Crippen LogP contribution in [0, 0.1) is 11.3 Å². The summed E-state index contributed by atoms with van der Waals surface area (Å²) in [6.07, 6.45) is 4.00. The first-order chi connectivity index (χ1) is 12.8. The lowest BCUT2D eigenvalue weighted by atomic mass is 10.1. The van der Waals surface area contributed by atoms with Crippen molar-refractivity contribution in [3.63, 3.8) is 0 Å². The van der Waals surface area contributed by atoms with Crippen LogP contribution in [0.2, 0.25) is 0 Å². The van der Waals surface area contributed by atoms with Gasteiger partial charge in [0.05, 0.1) is 6.04 Å². The van der Waals surface area contributed by atoms with Gasteiger partial charge in [0.15, 0.2) is 11.5 Å². The molecule has 0 bridgehead atoms. The SMILES string of the molecule is N#Cc1nccnc1N1CCN(C2CCN(c3ccccc3)C2=O)CC1. The quantitative estimate of drug-likeness (QED) is 0.832. The number of hydrogen-bond acceptors (Lipinski definition) is 6. The maximum absolute atomic E-state index is 12.9. The van der Waals surface area contributed by atoms with Gasteiger partial charge in [-0.3, -0.25) is 9.69 Å². The summed E-state index contributed by atoms with van der Waals surface area (Å²) in [5.74, 6) is 0.820. The van der Waals surface area contributed by atoms with Crippen molar-refractivity contribution in [3.05, 3.63) is 48.4 Å². The fourth-order valence-corrected chi connectivity index (χ4v) is 3.75. The van der Waals surface area contributed by atoms with Crippen LogP contribution < -0.4 is 9.80 Å². The van der Waals surface area contributed by atoms with Gasteiger partial charge < -0.3 is 9.80 Å². The van der Waals surface area contributed by atoms with Gasteiger partial charge in [-0.15, -0.1) is 0 Å². The highest BCUT2D eigenvalue weighted by molar-refractivity contribution is 5.99. The van der Waals surface area contributed by atoms with Gasteiger partial charge in [0.25, 0.3) is 0 Å². The first-order valence-corrected chi connectivity index (χ1v) is 8.84. The summed E-state index contributed by atoms with van der Waals surface area (Å²) >= 11 is 0. The summed E-state index contributed by atoms with van der Waals surface area (Å²) < 4.78 is 0.